The summed E-state index contributed by atoms with van der Waals surface area (Å²) in [4.78, 5) is 2.32. The van der Waals surface area contributed by atoms with Gasteiger partial charge in [0.15, 0.2) is 0 Å². The first-order chi connectivity index (χ1) is 10.4. The minimum atomic E-state index is -4.28. The van der Waals surface area contributed by atoms with Gasteiger partial charge in [0.05, 0.1) is 11.7 Å². The fraction of sp³-hybridized carbons (Fsp3) is 0.625. The van der Waals surface area contributed by atoms with E-state index in [9.17, 15) is 18.3 Å². The van der Waals surface area contributed by atoms with Gasteiger partial charge in [-0.2, -0.15) is 13.2 Å². The topological polar surface area (TPSA) is 35.5 Å². The van der Waals surface area contributed by atoms with E-state index in [2.05, 4.69) is 10.2 Å². The van der Waals surface area contributed by atoms with E-state index in [1.165, 1.54) is 12.1 Å². The molecule has 6 heteroatoms. The Hall–Kier alpha value is -1.11. The SMILES string of the molecule is OC1CCN(CCCNCc2cccc(C(F)(F)F)c2)CC1. The summed E-state index contributed by atoms with van der Waals surface area (Å²) in [5, 5.41) is 12.6. The van der Waals surface area contributed by atoms with Crippen molar-refractivity contribution in [1.82, 2.24) is 10.2 Å². The highest BCUT2D eigenvalue weighted by molar-refractivity contribution is 5.25. The van der Waals surface area contributed by atoms with E-state index in [0.717, 1.165) is 51.5 Å². The van der Waals surface area contributed by atoms with Crippen molar-refractivity contribution >= 4 is 0 Å². The largest absolute Gasteiger partial charge is 0.416 e. The highest BCUT2D eigenvalue weighted by Crippen LogP contribution is 2.29. The van der Waals surface area contributed by atoms with Crippen molar-refractivity contribution in [2.75, 3.05) is 26.2 Å². The molecule has 3 nitrogen and oxygen atoms in total. The van der Waals surface area contributed by atoms with Crippen LogP contribution in [0.25, 0.3) is 0 Å². The number of hydrogen-bond acceptors (Lipinski definition) is 3. The van der Waals surface area contributed by atoms with Crippen molar-refractivity contribution in [3.05, 3.63) is 35.4 Å². The molecule has 1 aliphatic rings. The maximum absolute atomic E-state index is 12.6. The molecule has 1 aliphatic heterocycles. The van der Waals surface area contributed by atoms with Crippen LogP contribution in [0.4, 0.5) is 13.2 Å². The third-order valence-electron chi connectivity index (χ3n) is 3.97. The Bertz CT molecular complexity index is 457. The number of alkyl halides is 3. The maximum atomic E-state index is 12.6. The fourth-order valence-electron chi connectivity index (χ4n) is 2.66. The maximum Gasteiger partial charge on any atom is 0.416 e. The second-order valence-electron chi connectivity index (χ2n) is 5.80. The van der Waals surface area contributed by atoms with Crippen LogP contribution in [0.3, 0.4) is 0 Å². The number of rotatable bonds is 6. The number of nitrogens with zero attached hydrogens (tertiary/aromatic N) is 1. The lowest BCUT2D eigenvalue weighted by molar-refractivity contribution is -0.137. The number of aliphatic hydroxyl groups excluding tert-OH is 1. The van der Waals surface area contributed by atoms with Crippen LogP contribution in [0.15, 0.2) is 24.3 Å². The van der Waals surface area contributed by atoms with Gasteiger partial charge in [-0.25, -0.2) is 0 Å². The van der Waals surface area contributed by atoms with Gasteiger partial charge in [-0.05, 0) is 44.0 Å². The van der Waals surface area contributed by atoms with E-state index < -0.39 is 11.7 Å². The lowest BCUT2D eigenvalue weighted by atomic mass is 10.1. The van der Waals surface area contributed by atoms with E-state index in [4.69, 9.17) is 0 Å². The Labute approximate surface area is 129 Å². The van der Waals surface area contributed by atoms with Crippen LogP contribution in [0.2, 0.25) is 0 Å². The van der Waals surface area contributed by atoms with Gasteiger partial charge in [0.1, 0.15) is 0 Å². The molecule has 0 atom stereocenters. The average molecular weight is 316 g/mol. The molecule has 0 bridgehead atoms. The summed E-state index contributed by atoms with van der Waals surface area (Å²) >= 11 is 0. The standard InChI is InChI=1S/C16H23F3N2O/c17-16(18,19)14-4-1-3-13(11-14)12-20-7-2-8-21-9-5-15(22)6-10-21/h1,3-4,11,15,20,22H,2,5-10,12H2. The Kier molecular flexibility index (Phi) is 6.23. The second-order valence-corrected chi connectivity index (χ2v) is 5.80. The van der Waals surface area contributed by atoms with Gasteiger partial charge < -0.3 is 15.3 Å². The molecule has 0 unspecified atom stereocenters. The van der Waals surface area contributed by atoms with Gasteiger partial charge in [-0.3, -0.25) is 0 Å². The van der Waals surface area contributed by atoms with Crippen molar-refractivity contribution in [2.45, 2.75) is 38.1 Å². The molecule has 22 heavy (non-hydrogen) atoms. The molecule has 0 saturated carbocycles. The summed E-state index contributed by atoms with van der Waals surface area (Å²) in [6, 6.07) is 5.43. The zero-order valence-corrected chi connectivity index (χ0v) is 12.6. The van der Waals surface area contributed by atoms with E-state index in [-0.39, 0.29) is 6.10 Å². The molecule has 0 spiro atoms. The van der Waals surface area contributed by atoms with Crippen molar-refractivity contribution in [3.63, 3.8) is 0 Å². The Morgan fingerprint density at radius 1 is 1.23 bits per heavy atom. The van der Waals surface area contributed by atoms with Gasteiger partial charge in [0, 0.05) is 19.6 Å². The molecule has 2 rings (SSSR count). The highest BCUT2D eigenvalue weighted by atomic mass is 19.4. The number of aliphatic hydroxyl groups is 1. The second kappa shape index (κ2) is 7.94. The first-order valence-corrected chi connectivity index (χ1v) is 7.72. The van der Waals surface area contributed by atoms with Crippen LogP contribution >= 0.6 is 0 Å². The predicted octanol–water partition coefficient (Wildman–Crippen LogP) is 2.64. The van der Waals surface area contributed by atoms with Crippen LogP contribution in [-0.4, -0.2) is 42.3 Å². The number of piperidine rings is 1. The Morgan fingerprint density at radius 3 is 2.64 bits per heavy atom. The Balaban J connectivity index is 1.64. The van der Waals surface area contributed by atoms with Crippen LogP contribution in [0.1, 0.15) is 30.4 Å². The van der Waals surface area contributed by atoms with Crippen LogP contribution in [0, 0.1) is 0 Å². The summed E-state index contributed by atoms with van der Waals surface area (Å²) in [6.07, 6.45) is -1.82. The lowest BCUT2D eigenvalue weighted by Gasteiger charge is -2.29. The van der Waals surface area contributed by atoms with E-state index in [1.54, 1.807) is 6.07 Å². The van der Waals surface area contributed by atoms with Crippen LogP contribution in [0.5, 0.6) is 0 Å². The molecule has 0 radical (unpaired) electrons. The third kappa shape index (κ3) is 5.59. The number of nitrogens with one attached hydrogen (secondary N) is 1. The molecule has 1 fully saturated rings. The predicted molar refractivity (Wildman–Crippen MR) is 79.4 cm³/mol. The summed E-state index contributed by atoms with van der Waals surface area (Å²) in [6.45, 7) is 4.03. The monoisotopic (exact) mass is 316 g/mol. The number of benzene rings is 1. The molecule has 1 aromatic rings. The molecule has 124 valence electrons. The number of likely N-dealkylation sites (tertiary alicyclic amines) is 1. The van der Waals surface area contributed by atoms with E-state index in [1.807, 2.05) is 0 Å². The third-order valence-corrected chi connectivity index (χ3v) is 3.97. The molecule has 0 amide bonds. The normalized spacial score (nSPS) is 17.8. The molecule has 1 saturated heterocycles. The van der Waals surface area contributed by atoms with E-state index >= 15 is 0 Å². The lowest BCUT2D eigenvalue weighted by Crippen LogP contribution is -2.37. The van der Waals surface area contributed by atoms with Gasteiger partial charge in [0.2, 0.25) is 0 Å². The molecule has 0 aromatic heterocycles. The first-order valence-electron chi connectivity index (χ1n) is 7.72. The quantitative estimate of drug-likeness (QED) is 0.792. The summed E-state index contributed by atoms with van der Waals surface area (Å²) in [7, 11) is 0. The van der Waals surface area contributed by atoms with Crippen LogP contribution < -0.4 is 5.32 Å². The Morgan fingerprint density at radius 2 is 1.95 bits per heavy atom. The highest BCUT2D eigenvalue weighted by Gasteiger charge is 2.30. The zero-order valence-electron chi connectivity index (χ0n) is 12.6. The van der Waals surface area contributed by atoms with Gasteiger partial charge in [0.25, 0.3) is 0 Å². The number of halogens is 3. The molecule has 1 heterocycles. The van der Waals surface area contributed by atoms with Gasteiger partial charge >= 0.3 is 6.18 Å². The van der Waals surface area contributed by atoms with Crippen molar-refractivity contribution < 1.29 is 18.3 Å². The van der Waals surface area contributed by atoms with Crippen LogP contribution in [-0.2, 0) is 12.7 Å². The van der Waals surface area contributed by atoms with Crippen molar-refractivity contribution in [2.24, 2.45) is 0 Å². The zero-order chi connectivity index (χ0) is 16.0. The first kappa shape index (κ1) is 17.2. The minimum absolute atomic E-state index is 0.157. The average Bonchev–Trinajstić information content (AvgIpc) is 2.48. The van der Waals surface area contributed by atoms with Gasteiger partial charge in [-0.15, -0.1) is 0 Å². The van der Waals surface area contributed by atoms with Gasteiger partial charge in [-0.1, -0.05) is 18.2 Å². The molecular weight excluding hydrogens is 293 g/mol. The van der Waals surface area contributed by atoms with E-state index in [0.29, 0.717) is 12.1 Å². The minimum Gasteiger partial charge on any atom is -0.393 e. The van der Waals surface area contributed by atoms with Crippen molar-refractivity contribution in [1.29, 1.82) is 0 Å². The van der Waals surface area contributed by atoms with Crippen molar-refractivity contribution in [3.8, 4) is 0 Å². The summed E-state index contributed by atoms with van der Waals surface area (Å²) in [5.74, 6) is 0. The molecule has 1 aromatic carbocycles. The molecule has 0 aliphatic carbocycles. The smallest absolute Gasteiger partial charge is 0.393 e. The molecular formula is C16H23F3N2O. The fourth-order valence-corrected chi connectivity index (χ4v) is 2.66. The number of hydrogen-bond donors (Lipinski definition) is 2. The summed E-state index contributed by atoms with van der Waals surface area (Å²) < 4.78 is 37.8. The summed E-state index contributed by atoms with van der Waals surface area (Å²) in [5.41, 5.74) is 0.0506. The molecule has 2 N–H and O–H groups in total.